The number of H-pyrrole nitrogens is 1. The highest BCUT2D eigenvalue weighted by atomic mass is 79.9. The Morgan fingerprint density at radius 2 is 2.25 bits per heavy atom. The molecule has 2 aromatic rings. The van der Waals surface area contributed by atoms with Gasteiger partial charge >= 0.3 is 5.97 Å². The first-order chi connectivity index (χ1) is 7.50. The monoisotopic (exact) mass is 282 g/mol. The Morgan fingerprint density at radius 1 is 1.56 bits per heavy atom. The van der Waals surface area contributed by atoms with Crippen molar-refractivity contribution < 1.29 is 9.90 Å². The van der Waals surface area contributed by atoms with E-state index < -0.39 is 11.5 Å². The van der Waals surface area contributed by atoms with Crippen molar-refractivity contribution in [1.82, 2.24) is 9.97 Å². The van der Waals surface area contributed by atoms with Crippen molar-refractivity contribution in [3.63, 3.8) is 0 Å². The fraction of sp³-hybridized carbons (Fsp3) is 0.100. The average Bonchev–Trinajstić information content (AvgIpc) is 2.19. The van der Waals surface area contributed by atoms with Gasteiger partial charge in [0.2, 0.25) is 0 Å². The van der Waals surface area contributed by atoms with E-state index in [0.717, 1.165) is 4.47 Å². The lowest BCUT2D eigenvalue weighted by molar-refractivity contribution is 0.0694. The summed E-state index contributed by atoms with van der Waals surface area (Å²) in [4.78, 5) is 28.9. The van der Waals surface area contributed by atoms with Gasteiger partial charge in [0.25, 0.3) is 5.56 Å². The standard InChI is InChI=1S/C10H7BrN2O3/c1-4-6-2-5(11)3-12-8(6)13-9(14)7(4)10(15)16/h2-3H,1H3,(H,15,16)(H,12,13,14). The number of aryl methyl sites for hydroxylation is 1. The molecule has 2 aromatic heterocycles. The van der Waals surface area contributed by atoms with Gasteiger partial charge < -0.3 is 10.1 Å². The van der Waals surface area contributed by atoms with Gasteiger partial charge in [-0.3, -0.25) is 4.79 Å². The second-order valence-electron chi connectivity index (χ2n) is 3.31. The molecule has 6 heteroatoms. The van der Waals surface area contributed by atoms with Crippen molar-refractivity contribution in [2.24, 2.45) is 0 Å². The van der Waals surface area contributed by atoms with Crippen LogP contribution in [-0.4, -0.2) is 21.0 Å². The maximum atomic E-state index is 11.5. The molecule has 0 aliphatic carbocycles. The van der Waals surface area contributed by atoms with Gasteiger partial charge in [0.1, 0.15) is 11.2 Å². The molecular weight excluding hydrogens is 276 g/mol. The number of hydrogen-bond donors (Lipinski definition) is 2. The lowest BCUT2D eigenvalue weighted by Crippen LogP contribution is -2.19. The minimum Gasteiger partial charge on any atom is -0.477 e. The number of nitrogens with one attached hydrogen (secondary N) is 1. The predicted molar refractivity (Wildman–Crippen MR) is 61.8 cm³/mol. The Bertz CT molecular complexity index is 648. The SMILES string of the molecule is Cc1c(C(=O)O)c(=O)[nH]c2ncc(Br)cc12. The van der Waals surface area contributed by atoms with Gasteiger partial charge in [-0.05, 0) is 34.5 Å². The number of carboxylic acids is 1. The van der Waals surface area contributed by atoms with Gasteiger partial charge in [0, 0.05) is 16.1 Å². The highest BCUT2D eigenvalue weighted by Gasteiger charge is 2.15. The molecule has 0 bridgehead atoms. The molecule has 0 amide bonds. The zero-order chi connectivity index (χ0) is 11.9. The number of carboxylic acid groups (broad SMARTS) is 1. The predicted octanol–water partition coefficient (Wildman–Crippen LogP) is 1.69. The summed E-state index contributed by atoms with van der Waals surface area (Å²) in [5.74, 6) is -1.24. The molecule has 0 aliphatic rings. The first-order valence-electron chi connectivity index (χ1n) is 4.42. The van der Waals surface area contributed by atoms with E-state index in [1.807, 2.05) is 0 Å². The maximum Gasteiger partial charge on any atom is 0.341 e. The van der Waals surface area contributed by atoms with Crippen LogP contribution in [0.15, 0.2) is 21.5 Å². The number of rotatable bonds is 1. The molecule has 0 spiro atoms. The smallest absolute Gasteiger partial charge is 0.341 e. The number of fused-ring (bicyclic) bond motifs is 1. The minimum absolute atomic E-state index is 0.243. The summed E-state index contributed by atoms with van der Waals surface area (Å²) in [6, 6.07) is 1.72. The third kappa shape index (κ3) is 1.61. The topological polar surface area (TPSA) is 83.0 Å². The fourth-order valence-electron chi connectivity index (χ4n) is 1.56. The van der Waals surface area contributed by atoms with E-state index in [2.05, 4.69) is 25.9 Å². The van der Waals surface area contributed by atoms with E-state index in [1.165, 1.54) is 6.20 Å². The molecule has 0 radical (unpaired) electrons. The number of aromatic carboxylic acids is 1. The van der Waals surface area contributed by atoms with Gasteiger partial charge in [0.15, 0.2) is 0 Å². The van der Waals surface area contributed by atoms with Gasteiger partial charge in [0.05, 0.1) is 0 Å². The van der Waals surface area contributed by atoms with Crippen molar-refractivity contribution in [2.45, 2.75) is 6.92 Å². The van der Waals surface area contributed by atoms with E-state index in [9.17, 15) is 9.59 Å². The summed E-state index contributed by atoms with van der Waals surface area (Å²) in [6.07, 6.45) is 1.54. The third-order valence-electron chi connectivity index (χ3n) is 2.31. The number of hydrogen-bond acceptors (Lipinski definition) is 3. The Labute approximate surface area is 98.3 Å². The molecular formula is C10H7BrN2O3. The van der Waals surface area contributed by atoms with Gasteiger partial charge in [-0.1, -0.05) is 0 Å². The number of pyridine rings is 2. The summed E-state index contributed by atoms with van der Waals surface area (Å²) in [6.45, 7) is 1.59. The molecule has 2 heterocycles. The second-order valence-corrected chi connectivity index (χ2v) is 4.22. The van der Waals surface area contributed by atoms with Crippen molar-refractivity contribution in [1.29, 1.82) is 0 Å². The van der Waals surface area contributed by atoms with E-state index in [-0.39, 0.29) is 5.56 Å². The average molecular weight is 283 g/mol. The van der Waals surface area contributed by atoms with Gasteiger partial charge in [-0.15, -0.1) is 0 Å². The van der Waals surface area contributed by atoms with Crippen molar-refractivity contribution in [3.8, 4) is 0 Å². The zero-order valence-electron chi connectivity index (χ0n) is 8.24. The largest absolute Gasteiger partial charge is 0.477 e. The number of aromatic nitrogens is 2. The van der Waals surface area contributed by atoms with Crippen LogP contribution in [0.5, 0.6) is 0 Å². The van der Waals surface area contributed by atoms with E-state index in [4.69, 9.17) is 5.11 Å². The Morgan fingerprint density at radius 3 is 2.88 bits per heavy atom. The molecule has 2 rings (SSSR count). The fourth-order valence-corrected chi connectivity index (χ4v) is 1.89. The van der Waals surface area contributed by atoms with Crippen LogP contribution in [0.3, 0.4) is 0 Å². The molecule has 5 nitrogen and oxygen atoms in total. The third-order valence-corrected chi connectivity index (χ3v) is 2.74. The van der Waals surface area contributed by atoms with Crippen molar-refractivity contribution >= 4 is 32.9 Å². The molecule has 0 unspecified atom stereocenters. The molecule has 0 aromatic carbocycles. The molecule has 0 saturated carbocycles. The van der Waals surface area contributed by atoms with Crippen LogP contribution >= 0.6 is 15.9 Å². The van der Waals surface area contributed by atoms with Crippen LogP contribution in [0.2, 0.25) is 0 Å². The number of carbonyl (C=O) groups is 1. The van der Waals surface area contributed by atoms with Crippen LogP contribution in [0.25, 0.3) is 11.0 Å². The molecule has 2 N–H and O–H groups in total. The summed E-state index contributed by atoms with van der Waals surface area (Å²) < 4.78 is 0.728. The zero-order valence-corrected chi connectivity index (χ0v) is 9.83. The lowest BCUT2D eigenvalue weighted by atomic mass is 10.1. The molecule has 0 aliphatic heterocycles. The van der Waals surface area contributed by atoms with Crippen LogP contribution in [0, 0.1) is 6.92 Å². The first-order valence-corrected chi connectivity index (χ1v) is 5.21. The van der Waals surface area contributed by atoms with Gasteiger partial charge in [-0.2, -0.15) is 0 Å². The van der Waals surface area contributed by atoms with Gasteiger partial charge in [-0.25, -0.2) is 9.78 Å². The van der Waals surface area contributed by atoms with Crippen molar-refractivity contribution in [2.75, 3.05) is 0 Å². The summed E-state index contributed by atoms with van der Waals surface area (Å²) in [7, 11) is 0. The van der Waals surface area contributed by atoms with Crippen LogP contribution < -0.4 is 5.56 Å². The Kier molecular flexibility index (Phi) is 2.51. The minimum atomic E-state index is -1.24. The molecule has 0 saturated heterocycles. The van der Waals surface area contributed by atoms with E-state index in [0.29, 0.717) is 16.6 Å². The van der Waals surface area contributed by atoms with Crippen LogP contribution in [0.1, 0.15) is 15.9 Å². The van der Waals surface area contributed by atoms with Crippen molar-refractivity contribution in [3.05, 3.63) is 38.2 Å². The maximum absolute atomic E-state index is 11.5. The number of nitrogens with zero attached hydrogens (tertiary/aromatic N) is 1. The quantitative estimate of drug-likeness (QED) is 0.834. The number of aromatic amines is 1. The molecule has 0 fully saturated rings. The Hall–Kier alpha value is -1.69. The molecule has 0 atom stereocenters. The normalized spacial score (nSPS) is 10.6. The van der Waals surface area contributed by atoms with Crippen LogP contribution in [0.4, 0.5) is 0 Å². The van der Waals surface area contributed by atoms with Crippen LogP contribution in [-0.2, 0) is 0 Å². The Balaban J connectivity index is 2.96. The van der Waals surface area contributed by atoms with E-state index >= 15 is 0 Å². The molecule has 82 valence electrons. The number of halogens is 1. The lowest BCUT2D eigenvalue weighted by Gasteiger charge is -2.04. The second kappa shape index (κ2) is 3.71. The first kappa shape index (κ1) is 10.8. The summed E-state index contributed by atoms with van der Waals surface area (Å²) in [5, 5.41) is 9.54. The molecule has 16 heavy (non-hydrogen) atoms. The highest BCUT2D eigenvalue weighted by molar-refractivity contribution is 9.10. The van der Waals surface area contributed by atoms with E-state index in [1.54, 1.807) is 13.0 Å². The summed E-state index contributed by atoms with van der Waals surface area (Å²) in [5.41, 5.74) is -0.0736. The summed E-state index contributed by atoms with van der Waals surface area (Å²) >= 11 is 3.24. The highest BCUT2D eigenvalue weighted by Crippen LogP contribution is 2.19.